The van der Waals surface area contributed by atoms with Gasteiger partial charge in [0.05, 0.1) is 0 Å². The lowest BCUT2D eigenvalue weighted by atomic mass is 10.1. The normalized spacial score (nSPS) is 15.7. The summed E-state index contributed by atoms with van der Waals surface area (Å²) in [6.45, 7) is 9.20. The molecular formula is C21H25BrFN3O. The minimum Gasteiger partial charge on any atom is -0.348 e. The number of carbonyl (C=O) groups excluding carboxylic acids is 1. The lowest BCUT2D eigenvalue weighted by Gasteiger charge is -2.34. The van der Waals surface area contributed by atoms with E-state index in [9.17, 15) is 9.18 Å². The molecule has 27 heavy (non-hydrogen) atoms. The molecule has 1 N–H and O–H groups in total. The molecule has 6 heteroatoms. The lowest BCUT2D eigenvalue weighted by Crippen LogP contribution is -2.45. The maximum atomic E-state index is 13.4. The summed E-state index contributed by atoms with van der Waals surface area (Å²) in [5, 5.41) is 2.84. The molecule has 144 valence electrons. The fourth-order valence-electron chi connectivity index (χ4n) is 3.25. The Bertz CT molecular complexity index is 753. The Morgan fingerprint density at radius 1 is 1.04 bits per heavy atom. The molecule has 0 aliphatic carbocycles. The summed E-state index contributed by atoms with van der Waals surface area (Å²) in [5.74, 6) is -0.716. The summed E-state index contributed by atoms with van der Waals surface area (Å²) in [7, 11) is 0. The van der Waals surface area contributed by atoms with E-state index in [1.165, 1.54) is 17.7 Å². The maximum Gasteiger partial charge on any atom is 0.251 e. The molecule has 1 amide bonds. The van der Waals surface area contributed by atoms with Gasteiger partial charge in [-0.1, -0.05) is 47.1 Å². The first kappa shape index (κ1) is 20.0. The van der Waals surface area contributed by atoms with Gasteiger partial charge in [0, 0.05) is 49.3 Å². The topological polar surface area (TPSA) is 35.6 Å². The maximum absolute atomic E-state index is 13.4. The molecule has 0 bridgehead atoms. The highest BCUT2D eigenvalue weighted by Gasteiger charge is 2.15. The van der Waals surface area contributed by atoms with Gasteiger partial charge in [0.1, 0.15) is 5.82 Å². The molecule has 1 saturated heterocycles. The number of nitrogens with one attached hydrogen (secondary N) is 1. The summed E-state index contributed by atoms with van der Waals surface area (Å²) in [6, 6.07) is 12.5. The second kappa shape index (κ2) is 9.44. The molecule has 3 rings (SSSR count). The zero-order valence-corrected chi connectivity index (χ0v) is 17.1. The molecule has 0 radical (unpaired) electrons. The summed E-state index contributed by atoms with van der Waals surface area (Å²) < 4.78 is 14.0. The van der Waals surface area contributed by atoms with Gasteiger partial charge in [-0.25, -0.2) is 4.39 Å². The van der Waals surface area contributed by atoms with Gasteiger partial charge in [0.15, 0.2) is 0 Å². The Morgan fingerprint density at radius 3 is 2.30 bits per heavy atom. The number of piperazine rings is 1. The standard InChI is InChI=1S/C21H25BrFN3O/c1-2-25-7-9-26(10-8-25)15-17-5-3-16(4-6-17)14-24-21(27)18-11-19(22)13-20(23)12-18/h3-6,11-13H,2,7-10,14-15H2,1H3,(H,24,27). The highest BCUT2D eigenvalue weighted by atomic mass is 79.9. The number of likely N-dealkylation sites (N-methyl/N-ethyl adjacent to an activating group) is 1. The van der Waals surface area contributed by atoms with Crippen molar-refractivity contribution in [2.75, 3.05) is 32.7 Å². The SMILES string of the molecule is CCN1CCN(Cc2ccc(CNC(=O)c3cc(F)cc(Br)c3)cc2)CC1. The second-order valence-corrected chi connectivity index (χ2v) is 7.78. The lowest BCUT2D eigenvalue weighted by molar-refractivity contribution is 0.0950. The van der Waals surface area contributed by atoms with Crippen LogP contribution in [0.3, 0.4) is 0 Å². The Kier molecular flexibility index (Phi) is 6.99. The third-order valence-corrected chi connectivity index (χ3v) is 5.38. The summed E-state index contributed by atoms with van der Waals surface area (Å²) in [5.41, 5.74) is 2.62. The van der Waals surface area contributed by atoms with Crippen molar-refractivity contribution in [2.45, 2.75) is 20.0 Å². The van der Waals surface area contributed by atoms with Crippen molar-refractivity contribution in [1.82, 2.24) is 15.1 Å². The molecule has 1 aliphatic heterocycles. The minimum atomic E-state index is -0.432. The zero-order chi connectivity index (χ0) is 19.2. The van der Waals surface area contributed by atoms with Gasteiger partial charge in [0.25, 0.3) is 5.91 Å². The van der Waals surface area contributed by atoms with Crippen LogP contribution in [0, 0.1) is 5.82 Å². The molecule has 0 unspecified atom stereocenters. The van der Waals surface area contributed by atoms with Crippen LogP contribution in [0.4, 0.5) is 4.39 Å². The Morgan fingerprint density at radius 2 is 1.67 bits per heavy atom. The summed E-state index contributed by atoms with van der Waals surface area (Å²) >= 11 is 3.21. The van der Waals surface area contributed by atoms with Crippen molar-refractivity contribution in [3.05, 3.63) is 69.4 Å². The van der Waals surface area contributed by atoms with Crippen LogP contribution < -0.4 is 5.32 Å². The zero-order valence-electron chi connectivity index (χ0n) is 15.5. The molecule has 2 aromatic rings. The molecule has 4 nitrogen and oxygen atoms in total. The minimum absolute atomic E-state index is 0.284. The molecular weight excluding hydrogens is 409 g/mol. The van der Waals surface area contributed by atoms with Gasteiger partial charge < -0.3 is 10.2 Å². The smallest absolute Gasteiger partial charge is 0.251 e. The number of benzene rings is 2. The molecule has 1 heterocycles. The predicted molar refractivity (Wildman–Crippen MR) is 109 cm³/mol. The molecule has 1 aliphatic rings. The van der Waals surface area contributed by atoms with Gasteiger partial charge in [-0.3, -0.25) is 9.69 Å². The number of carbonyl (C=O) groups is 1. The molecule has 0 aromatic heterocycles. The monoisotopic (exact) mass is 433 g/mol. The number of hydrogen-bond donors (Lipinski definition) is 1. The number of halogens is 2. The molecule has 0 atom stereocenters. The van der Waals surface area contributed by atoms with Crippen LogP contribution in [-0.4, -0.2) is 48.4 Å². The van der Waals surface area contributed by atoms with Crippen LogP contribution in [0.15, 0.2) is 46.9 Å². The van der Waals surface area contributed by atoms with Gasteiger partial charge in [-0.15, -0.1) is 0 Å². The van der Waals surface area contributed by atoms with E-state index in [4.69, 9.17) is 0 Å². The first-order valence-corrected chi connectivity index (χ1v) is 10.1. The second-order valence-electron chi connectivity index (χ2n) is 6.87. The van der Waals surface area contributed by atoms with E-state index in [0.717, 1.165) is 44.8 Å². The quantitative estimate of drug-likeness (QED) is 0.754. The molecule has 1 fully saturated rings. The molecule has 2 aromatic carbocycles. The van der Waals surface area contributed by atoms with E-state index < -0.39 is 5.82 Å². The van der Waals surface area contributed by atoms with E-state index in [0.29, 0.717) is 16.6 Å². The number of hydrogen-bond acceptors (Lipinski definition) is 3. The highest BCUT2D eigenvalue weighted by Crippen LogP contribution is 2.15. The molecule has 0 saturated carbocycles. The van der Waals surface area contributed by atoms with Crippen molar-refractivity contribution < 1.29 is 9.18 Å². The van der Waals surface area contributed by atoms with Gasteiger partial charge in [-0.2, -0.15) is 0 Å². The largest absolute Gasteiger partial charge is 0.348 e. The summed E-state index contributed by atoms with van der Waals surface area (Å²) in [6.07, 6.45) is 0. The van der Waals surface area contributed by atoms with Crippen LogP contribution >= 0.6 is 15.9 Å². The first-order chi connectivity index (χ1) is 13.0. The fraction of sp³-hybridized carbons (Fsp3) is 0.381. The Labute approximate surface area is 168 Å². The average molecular weight is 434 g/mol. The third kappa shape index (κ3) is 5.86. The van der Waals surface area contributed by atoms with Gasteiger partial charge >= 0.3 is 0 Å². The van der Waals surface area contributed by atoms with E-state index in [-0.39, 0.29) is 5.91 Å². The van der Waals surface area contributed by atoms with E-state index in [1.807, 2.05) is 12.1 Å². The Hall–Kier alpha value is -1.76. The van der Waals surface area contributed by atoms with Crippen molar-refractivity contribution in [3.63, 3.8) is 0 Å². The Balaban J connectivity index is 1.49. The number of rotatable bonds is 6. The van der Waals surface area contributed by atoms with Crippen molar-refractivity contribution in [2.24, 2.45) is 0 Å². The van der Waals surface area contributed by atoms with Crippen LogP contribution in [0.5, 0.6) is 0 Å². The average Bonchev–Trinajstić information content (AvgIpc) is 2.67. The van der Waals surface area contributed by atoms with Crippen LogP contribution in [0.25, 0.3) is 0 Å². The van der Waals surface area contributed by atoms with Crippen LogP contribution in [0.1, 0.15) is 28.4 Å². The van der Waals surface area contributed by atoms with E-state index >= 15 is 0 Å². The van der Waals surface area contributed by atoms with Crippen molar-refractivity contribution in [1.29, 1.82) is 0 Å². The number of amides is 1. The fourth-order valence-corrected chi connectivity index (χ4v) is 3.72. The van der Waals surface area contributed by atoms with Crippen molar-refractivity contribution in [3.8, 4) is 0 Å². The van der Waals surface area contributed by atoms with Gasteiger partial charge in [0.2, 0.25) is 0 Å². The van der Waals surface area contributed by atoms with Gasteiger partial charge in [-0.05, 0) is 35.9 Å². The predicted octanol–water partition coefficient (Wildman–Crippen LogP) is 3.66. The third-order valence-electron chi connectivity index (χ3n) is 4.92. The molecule has 0 spiro atoms. The van der Waals surface area contributed by atoms with E-state index in [1.54, 1.807) is 6.07 Å². The summed E-state index contributed by atoms with van der Waals surface area (Å²) in [4.78, 5) is 17.1. The highest BCUT2D eigenvalue weighted by molar-refractivity contribution is 9.10. The van der Waals surface area contributed by atoms with Crippen molar-refractivity contribution >= 4 is 21.8 Å². The van der Waals surface area contributed by atoms with E-state index in [2.05, 4.69) is 50.1 Å². The first-order valence-electron chi connectivity index (χ1n) is 9.30. The van der Waals surface area contributed by atoms with Crippen LogP contribution in [-0.2, 0) is 13.1 Å². The number of nitrogens with zero attached hydrogens (tertiary/aromatic N) is 2. The van der Waals surface area contributed by atoms with Crippen LogP contribution in [0.2, 0.25) is 0 Å².